The van der Waals surface area contributed by atoms with Crippen LogP contribution in [0, 0.1) is 0 Å². The summed E-state index contributed by atoms with van der Waals surface area (Å²) in [5.41, 5.74) is 10.4. The van der Waals surface area contributed by atoms with Crippen molar-refractivity contribution in [2.24, 2.45) is 5.73 Å². The highest BCUT2D eigenvalue weighted by molar-refractivity contribution is 5.79. The summed E-state index contributed by atoms with van der Waals surface area (Å²) in [6.45, 7) is 0.285. The average molecular weight is 225 g/mol. The molecule has 0 aromatic heterocycles. The minimum absolute atomic E-state index is 0.0207. The Hall–Kier alpha value is -1.64. The highest BCUT2D eigenvalue weighted by Gasteiger charge is 2.32. The van der Waals surface area contributed by atoms with Crippen LogP contribution in [0.3, 0.4) is 0 Å². The van der Waals surface area contributed by atoms with Crippen molar-refractivity contribution in [3.63, 3.8) is 0 Å². The van der Waals surface area contributed by atoms with Gasteiger partial charge in [0.2, 0.25) is 0 Å². The molecule has 2 nitrogen and oxygen atoms in total. The molecule has 0 saturated carbocycles. The van der Waals surface area contributed by atoms with E-state index in [0.29, 0.717) is 0 Å². The van der Waals surface area contributed by atoms with Crippen LogP contribution in [0.4, 0.5) is 0 Å². The molecule has 3 N–H and O–H groups in total. The van der Waals surface area contributed by atoms with E-state index in [1.807, 2.05) is 24.3 Å². The Bertz CT molecular complexity index is 505. The summed E-state index contributed by atoms with van der Waals surface area (Å²) in [6, 6.07) is 16.5. The molecular formula is C15H15NO. The minimum Gasteiger partial charge on any atom is -0.391 e. The van der Waals surface area contributed by atoms with Crippen LogP contribution in [-0.4, -0.2) is 17.8 Å². The number of rotatable bonds is 2. The molecule has 0 heterocycles. The lowest BCUT2D eigenvalue weighted by Gasteiger charge is -2.18. The van der Waals surface area contributed by atoms with Crippen LogP contribution >= 0.6 is 0 Å². The molecule has 86 valence electrons. The van der Waals surface area contributed by atoms with Crippen LogP contribution in [0.2, 0.25) is 0 Å². The molecule has 0 fully saturated rings. The molecule has 2 aromatic rings. The molecule has 1 aliphatic rings. The molecule has 0 amide bonds. The minimum atomic E-state index is -0.514. The van der Waals surface area contributed by atoms with Gasteiger partial charge < -0.3 is 10.8 Å². The molecule has 17 heavy (non-hydrogen) atoms. The number of hydrogen-bond acceptors (Lipinski definition) is 2. The van der Waals surface area contributed by atoms with Gasteiger partial charge in [0.25, 0.3) is 0 Å². The van der Waals surface area contributed by atoms with E-state index in [4.69, 9.17) is 5.73 Å². The van der Waals surface area contributed by atoms with Gasteiger partial charge in [0.05, 0.1) is 6.10 Å². The summed E-state index contributed by atoms with van der Waals surface area (Å²) in [7, 11) is 0. The Morgan fingerprint density at radius 1 is 0.941 bits per heavy atom. The molecule has 0 radical (unpaired) electrons. The summed E-state index contributed by atoms with van der Waals surface area (Å²) < 4.78 is 0. The maximum atomic E-state index is 10.1. The molecule has 1 atom stereocenters. The van der Waals surface area contributed by atoms with E-state index in [1.54, 1.807) is 0 Å². The van der Waals surface area contributed by atoms with Crippen molar-refractivity contribution in [1.29, 1.82) is 0 Å². The molecule has 0 bridgehead atoms. The zero-order valence-electron chi connectivity index (χ0n) is 9.51. The van der Waals surface area contributed by atoms with Crippen LogP contribution in [0.5, 0.6) is 0 Å². The molecule has 3 rings (SSSR count). The van der Waals surface area contributed by atoms with Gasteiger partial charge in [-0.25, -0.2) is 0 Å². The third kappa shape index (κ3) is 1.49. The molecule has 0 unspecified atom stereocenters. The lowest BCUT2D eigenvalue weighted by Crippen LogP contribution is -2.26. The Kier molecular flexibility index (Phi) is 2.46. The van der Waals surface area contributed by atoms with Gasteiger partial charge in [-0.3, -0.25) is 0 Å². The topological polar surface area (TPSA) is 46.2 Å². The highest BCUT2D eigenvalue weighted by atomic mass is 16.3. The summed E-state index contributed by atoms with van der Waals surface area (Å²) in [5, 5.41) is 10.1. The zero-order chi connectivity index (χ0) is 11.8. The van der Waals surface area contributed by atoms with E-state index in [2.05, 4.69) is 24.3 Å². The molecule has 2 heteroatoms. The van der Waals surface area contributed by atoms with Gasteiger partial charge in [-0.2, -0.15) is 0 Å². The average Bonchev–Trinajstić information content (AvgIpc) is 2.72. The van der Waals surface area contributed by atoms with Crippen molar-refractivity contribution in [3.8, 4) is 11.1 Å². The number of nitrogens with two attached hydrogens (primary N) is 1. The van der Waals surface area contributed by atoms with Gasteiger partial charge >= 0.3 is 0 Å². The summed E-state index contributed by atoms with van der Waals surface area (Å²) in [5.74, 6) is 0.0207. The summed E-state index contributed by atoms with van der Waals surface area (Å²) in [4.78, 5) is 0. The maximum Gasteiger partial charge on any atom is 0.0771 e. The smallest absolute Gasteiger partial charge is 0.0771 e. The van der Waals surface area contributed by atoms with Crippen molar-refractivity contribution < 1.29 is 5.11 Å². The second-order valence-electron chi connectivity index (χ2n) is 4.46. The monoisotopic (exact) mass is 225 g/mol. The number of benzene rings is 2. The lowest BCUT2D eigenvalue weighted by atomic mass is 9.91. The van der Waals surface area contributed by atoms with Gasteiger partial charge in [-0.15, -0.1) is 0 Å². The van der Waals surface area contributed by atoms with Gasteiger partial charge in [0.1, 0.15) is 0 Å². The van der Waals surface area contributed by atoms with E-state index in [0.717, 1.165) is 0 Å². The quantitative estimate of drug-likeness (QED) is 0.822. The van der Waals surface area contributed by atoms with Crippen molar-refractivity contribution in [2.75, 3.05) is 6.54 Å². The zero-order valence-corrected chi connectivity index (χ0v) is 9.51. The standard InChI is InChI=1S/C15H15NO/c16-9-14(17)15-12-7-3-1-5-10(12)11-6-2-4-8-13(11)15/h1-8,14-15,17H,9,16H2/t14-/m1/s1. The predicted molar refractivity (Wildman–Crippen MR) is 68.8 cm³/mol. The Morgan fingerprint density at radius 2 is 1.41 bits per heavy atom. The first-order valence-corrected chi connectivity index (χ1v) is 5.89. The Balaban J connectivity index is 2.23. The highest BCUT2D eigenvalue weighted by Crippen LogP contribution is 2.45. The van der Waals surface area contributed by atoms with Crippen molar-refractivity contribution in [2.45, 2.75) is 12.0 Å². The van der Waals surface area contributed by atoms with Crippen LogP contribution < -0.4 is 5.73 Å². The largest absolute Gasteiger partial charge is 0.391 e. The van der Waals surface area contributed by atoms with Crippen LogP contribution in [0.25, 0.3) is 11.1 Å². The molecule has 0 aliphatic heterocycles. The lowest BCUT2D eigenvalue weighted by molar-refractivity contribution is 0.166. The predicted octanol–water partition coefficient (Wildman–Crippen LogP) is 2.12. The van der Waals surface area contributed by atoms with E-state index in [-0.39, 0.29) is 12.5 Å². The van der Waals surface area contributed by atoms with E-state index < -0.39 is 6.10 Å². The third-order valence-electron chi connectivity index (χ3n) is 3.51. The first-order valence-electron chi connectivity index (χ1n) is 5.89. The van der Waals surface area contributed by atoms with Crippen molar-refractivity contribution in [1.82, 2.24) is 0 Å². The van der Waals surface area contributed by atoms with Crippen LogP contribution in [-0.2, 0) is 0 Å². The second kappa shape index (κ2) is 3.99. The van der Waals surface area contributed by atoms with Crippen LogP contribution in [0.1, 0.15) is 17.0 Å². The SMILES string of the molecule is NC[C@@H](O)C1c2ccccc2-c2ccccc21. The summed E-state index contributed by atoms with van der Waals surface area (Å²) in [6.07, 6.45) is -0.514. The molecule has 2 aromatic carbocycles. The number of fused-ring (bicyclic) bond motifs is 3. The van der Waals surface area contributed by atoms with Gasteiger partial charge in [0.15, 0.2) is 0 Å². The van der Waals surface area contributed by atoms with Crippen molar-refractivity contribution >= 4 is 0 Å². The second-order valence-corrected chi connectivity index (χ2v) is 4.46. The first kappa shape index (κ1) is 10.5. The fourth-order valence-corrected chi connectivity index (χ4v) is 2.75. The number of aliphatic hydroxyl groups excluding tert-OH is 1. The van der Waals surface area contributed by atoms with Crippen LogP contribution in [0.15, 0.2) is 48.5 Å². The summed E-state index contributed by atoms with van der Waals surface area (Å²) >= 11 is 0. The normalized spacial score (nSPS) is 15.4. The molecule has 0 spiro atoms. The van der Waals surface area contributed by atoms with E-state index >= 15 is 0 Å². The fourth-order valence-electron chi connectivity index (χ4n) is 2.75. The fraction of sp³-hybridized carbons (Fsp3) is 0.200. The third-order valence-corrected chi connectivity index (χ3v) is 3.51. The number of hydrogen-bond donors (Lipinski definition) is 2. The van der Waals surface area contributed by atoms with Gasteiger partial charge in [-0.05, 0) is 22.3 Å². The van der Waals surface area contributed by atoms with E-state index in [1.165, 1.54) is 22.3 Å². The molecule has 1 aliphatic carbocycles. The first-order chi connectivity index (χ1) is 8.33. The number of aliphatic hydroxyl groups is 1. The van der Waals surface area contributed by atoms with E-state index in [9.17, 15) is 5.11 Å². The maximum absolute atomic E-state index is 10.1. The Labute approximate surface area is 101 Å². The van der Waals surface area contributed by atoms with Crippen molar-refractivity contribution in [3.05, 3.63) is 59.7 Å². The van der Waals surface area contributed by atoms with Gasteiger partial charge in [0, 0.05) is 12.5 Å². The molecular weight excluding hydrogens is 210 g/mol. The molecule has 0 saturated heterocycles. The Morgan fingerprint density at radius 3 is 1.88 bits per heavy atom. The van der Waals surface area contributed by atoms with Gasteiger partial charge in [-0.1, -0.05) is 48.5 Å².